The summed E-state index contributed by atoms with van der Waals surface area (Å²) in [5.41, 5.74) is 1.63. The number of nitrogens with one attached hydrogen (secondary N) is 1. The second-order valence-electron chi connectivity index (χ2n) is 4.27. The first kappa shape index (κ1) is 15.5. The Morgan fingerprint density at radius 3 is 2.71 bits per heavy atom. The van der Waals surface area contributed by atoms with Crippen LogP contribution in [0.2, 0.25) is 10.0 Å². The van der Waals surface area contributed by atoms with Gasteiger partial charge in [0.25, 0.3) is 5.91 Å². The third-order valence-corrected chi connectivity index (χ3v) is 3.53. The van der Waals surface area contributed by atoms with Crippen molar-refractivity contribution in [3.63, 3.8) is 0 Å². The van der Waals surface area contributed by atoms with E-state index in [0.29, 0.717) is 39.3 Å². The van der Waals surface area contributed by atoms with Crippen LogP contribution < -0.4 is 5.32 Å². The van der Waals surface area contributed by atoms with Crippen molar-refractivity contribution in [3.05, 3.63) is 57.9 Å². The van der Waals surface area contributed by atoms with Crippen LogP contribution in [0.5, 0.6) is 0 Å². The molecular formula is C15H13Cl2N3O. The van der Waals surface area contributed by atoms with Gasteiger partial charge in [0.1, 0.15) is 5.84 Å². The van der Waals surface area contributed by atoms with E-state index in [4.69, 9.17) is 23.2 Å². The zero-order valence-electron chi connectivity index (χ0n) is 11.4. The number of allylic oxidation sites excluding steroid dienone is 1. The molecule has 0 fully saturated rings. The minimum Gasteiger partial charge on any atom is -0.310 e. The normalized spacial score (nSPS) is 14.3. The fraction of sp³-hybridized carbons (Fsp3) is 0.133. The van der Waals surface area contributed by atoms with Gasteiger partial charge in [-0.1, -0.05) is 36.7 Å². The minimum absolute atomic E-state index is 0.292. The van der Waals surface area contributed by atoms with E-state index < -0.39 is 0 Å². The molecule has 1 aliphatic rings. The van der Waals surface area contributed by atoms with Gasteiger partial charge in [0.2, 0.25) is 0 Å². The number of hydrogen-bond donors (Lipinski definition) is 1. The molecular weight excluding hydrogens is 309 g/mol. The summed E-state index contributed by atoms with van der Waals surface area (Å²) >= 11 is 11.7. The molecule has 6 heteroatoms. The van der Waals surface area contributed by atoms with Crippen LogP contribution in [0.1, 0.15) is 23.7 Å². The van der Waals surface area contributed by atoms with Crippen LogP contribution in [0.3, 0.4) is 0 Å². The van der Waals surface area contributed by atoms with Crippen LogP contribution in [0, 0.1) is 0 Å². The van der Waals surface area contributed by atoms with Crippen molar-refractivity contribution in [2.45, 2.75) is 13.3 Å². The smallest absolute Gasteiger partial charge is 0.256 e. The van der Waals surface area contributed by atoms with E-state index in [2.05, 4.69) is 21.9 Å². The fourth-order valence-electron chi connectivity index (χ4n) is 1.64. The van der Waals surface area contributed by atoms with E-state index in [0.717, 1.165) is 0 Å². The number of halogens is 2. The van der Waals surface area contributed by atoms with Gasteiger partial charge in [-0.3, -0.25) is 9.79 Å². The summed E-state index contributed by atoms with van der Waals surface area (Å²) in [5, 5.41) is 3.49. The first-order chi connectivity index (χ1) is 10.0. The predicted molar refractivity (Wildman–Crippen MR) is 87.4 cm³/mol. The molecule has 0 atom stereocenters. The Morgan fingerprint density at radius 1 is 1.38 bits per heavy atom. The van der Waals surface area contributed by atoms with Crippen LogP contribution >= 0.6 is 23.2 Å². The van der Waals surface area contributed by atoms with Crippen molar-refractivity contribution >= 4 is 41.2 Å². The zero-order valence-corrected chi connectivity index (χ0v) is 12.9. The van der Waals surface area contributed by atoms with Crippen molar-refractivity contribution in [3.8, 4) is 0 Å². The predicted octanol–water partition coefficient (Wildman–Crippen LogP) is 4.01. The Morgan fingerprint density at radius 2 is 2.14 bits per heavy atom. The minimum atomic E-state index is -0.292. The van der Waals surface area contributed by atoms with Gasteiger partial charge in [-0.2, -0.15) is 0 Å². The third-order valence-electron chi connectivity index (χ3n) is 2.79. The highest BCUT2D eigenvalue weighted by atomic mass is 35.5. The Kier molecular flexibility index (Phi) is 4.94. The van der Waals surface area contributed by atoms with Gasteiger partial charge in [0.05, 0.1) is 21.4 Å². The number of carbonyl (C=O) groups is 1. The Bertz CT molecular complexity index is 690. The maximum atomic E-state index is 12.2. The van der Waals surface area contributed by atoms with E-state index in [9.17, 15) is 4.79 Å². The molecule has 0 aromatic heterocycles. The number of benzene rings is 1. The average Bonchev–Trinajstić information content (AvgIpc) is 2.86. The molecule has 0 saturated heterocycles. The van der Waals surface area contributed by atoms with Crippen LogP contribution in [0.4, 0.5) is 0 Å². The van der Waals surface area contributed by atoms with Gasteiger partial charge < -0.3 is 5.32 Å². The van der Waals surface area contributed by atoms with Crippen molar-refractivity contribution in [1.82, 2.24) is 5.32 Å². The standard InChI is InChI=1S/C15H13Cl2N3O/c1-3-14(19-13-6-7-18-9(13)2)20-15(21)10-4-5-11(16)12(17)8-10/h4-8H,2-3H2,1H3,(H,19,20,21). The lowest BCUT2D eigenvalue weighted by molar-refractivity contribution is 0.0976. The molecule has 0 unspecified atom stereocenters. The summed E-state index contributed by atoms with van der Waals surface area (Å²) in [6, 6.07) is 4.70. The summed E-state index contributed by atoms with van der Waals surface area (Å²) in [6.45, 7) is 5.66. The molecule has 21 heavy (non-hydrogen) atoms. The van der Waals surface area contributed by atoms with E-state index in [1.54, 1.807) is 24.4 Å². The highest BCUT2D eigenvalue weighted by Gasteiger charge is 2.11. The van der Waals surface area contributed by atoms with Crippen LogP contribution in [-0.4, -0.2) is 18.0 Å². The Hall–Kier alpha value is -1.91. The number of amidine groups is 1. The molecule has 1 aromatic carbocycles. The van der Waals surface area contributed by atoms with E-state index in [1.165, 1.54) is 6.07 Å². The molecule has 1 heterocycles. The summed E-state index contributed by atoms with van der Waals surface area (Å²) in [6.07, 6.45) is 3.93. The molecule has 108 valence electrons. The average molecular weight is 322 g/mol. The molecule has 1 aromatic rings. The molecule has 0 aliphatic carbocycles. The van der Waals surface area contributed by atoms with Gasteiger partial charge >= 0.3 is 0 Å². The molecule has 1 N–H and O–H groups in total. The maximum Gasteiger partial charge on any atom is 0.256 e. The molecule has 1 aliphatic heterocycles. The van der Waals surface area contributed by atoms with E-state index in [1.807, 2.05) is 6.92 Å². The van der Waals surface area contributed by atoms with Gasteiger partial charge in [-0.05, 0) is 24.3 Å². The molecule has 4 nitrogen and oxygen atoms in total. The number of aliphatic imine (C=N–C) groups is 2. The molecule has 0 radical (unpaired) electrons. The van der Waals surface area contributed by atoms with E-state index >= 15 is 0 Å². The largest absolute Gasteiger partial charge is 0.310 e. The molecule has 1 amide bonds. The Labute approximate surface area is 132 Å². The lowest BCUT2D eigenvalue weighted by atomic mass is 10.2. The monoisotopic (exact) mass is 321 g/mol. The number of carbonyl (C=O) groups excluding carboxylic acids is 1. The van der Waals surface area contributed by atoms with Crippen LogP contribution in [0.15, 0.2) is 52.2 Å². The SMILES string of the molecule is C=C1N=CC=C1N=C(CC)NC(=O)c1ccc(Cl)c(Cl)c1. The van der Waals surface area contributed by atoms with Crippen molar-refractivity contribution < 1.29 is 4.79 Å². The highest BCUT2D eigenvalue weighted by molar-refractivity contribution is 6.42. The quantitative estimate of drug-likeness (QED) is 0.663. The van der Waals surface area contributed by atoms with E-state index in [-0.39, 0.29) is 5.91 Å². The topological polar surface area (TPSA) is 53.8 Å². The van der Waals surface area contributed by atoms with Crippen molar-refractivity contribution in [2.24, 2.45) is 9.98 Å². The summed E-state index contributed by atoms with van der Waals surface area (Å²) in [5.74, 6) is 0.239. The van der Waals surface area contributed by atoms with Crippen molar-refractivity contribution in [1.29, 1.82) is 0 Å². The van der Waals surface area contributed by atoms with Crippen molar-refractivity contribution in [2.75, 3.05) is 0 Å². The van der Waals surface area contributed by atoms with Crippen LogP contribution in [-0.2, 0) is 0 Å². The van der Waals surface area contributed by atoms with Gasteiger partial charge in [0, 0.05) is 18.2 Å². The molecule has 0 saturated carbocycles. The fourth-order valence-corrected chi connectivity index (χ4v) is 1.94. The second kappa shape index (κ2) is 6.70. The highest BCUT2D eigenvalue weighted by Crippen LogP contribution is 2.22. The van der Waals surface area contributed by atoms with Gasteiger partial charge in [-0.15, -0.1) is 0 Å². The molecule has 2 rings (SSSR count). The Balaban J connectivity index is 2.14. The summed E-state index contributed by atoms with van der Waals surface area (Å²) < 4.78 is 0. The zero-order chi connectivity index (χ0) is 15.4. The first-order valence-corrected chi connectivity index (χ1v) is 7.04. The lowest BCUT2D eigenvalue weighted by Gasteiger charge is -2.08. The second-order valence-corrected chi connectivity index (χ2v) is 5.09. The number of amides is 1. The lowest BCUT2D eigenvalue weighted by Crippen LogP contribution is -2.30. The number of rotatable bonds is 3. The summed E-state index contributed by atoms with van der Waals surface area (Å²) in [7, 11) is 0. The first-order valence-electron chi connectivity index (χ1n) is 6.29. The summed E-state index contributed by atoms with van der Waals surface area (Å²) in [4.78, 5) is 20.5. The maximum absolute atomic E-state index is 12.2. The van der Waals surface area contributed by atoms with Gasteiger partial charge in [-0.25, -0.2) is 4.99 Å². The van der Waals surface area contributed by atoms with Crippen LogP contribution in [0.25, 0.3) is 0 Å². The molecule has 0 bridgehead atoms. The third kappa shape index (κ3) is 3.80. The number of hydrogen-bond acceptors (Lipinski definition) is 3. The molecule has 0 spiro atoms. The number of nitrogens with zero attached hydrogens (tertiary/aromatic N) is 2. The van der Waals surface area contributed by atoms with Gasteiger partial charge in [0.15, 0.2) is 0 Å².